The van der Waals surface area contributed by atoms with Gasteiger partial charge in [0.05, 0.1) is 72.4 Å². The average Bonchev–Trinajstić information content (AvgIpc) is 3.96. The van der Waals surface area contributed by atoms with Crippen LogP contribution >= 0.6 is 0 Å². The van der Waals surface area contributed by atoms with Crippen LogP contribution in [0.4, 0.5) is 0 Å². The van der Waals surface area contributed by atoms with Crippen molar-refractivity contribution in [1.29, 1.82) is 0 Å². The molecule has 7 aromatic carbocycles. The Bertz CT molecular complexity index is 4360. The monoisotopic (exact) mass is 1050 g/mol. The molecule has 0 saturated heterocycles. The second-order valence-corrected chi connectivity index (χ2v) is 22.0. The molecule has 0 radical (unpaired) electrons. The number of ether oxygens (including phenoxy) is 2. The van der Waals surface area contributed by atoms with Crippen molar-refractivity contribution >= 4 is 117 Å². The molecule has 5 aliphatic rings. The van der Waals surface area contributed by atoms with Gasteiger partial charge >= 0.3 is 19.1 Å². The van der Waals surface area contributed by atoms with Gasteiger partial charge in [0.15, 0.2) is 0 Å². The molecular weight excluding hydrogens is 1020 g/mol. The number of esters is 2. The Labute approximate surface area is 420 Å². The Kier molecular flexibility index (Phi) is 10.6. The van der Waals surface area contributed by atoms with E-state index in [1.165, 1.54) is 72.8 Å². The first-order valence-corrected chi connectivity index (χ1v) is 27.1. The molecule has 0 aromatic heterocycles. The number of nitrogens with zero attached hydrogens (tertiary/aromatic N) is 6. The molecule has 0 unspecified atom stereocenters. The first kappa shape index (κ1) is 46.9. The van der Waals surface area contributed by atoms with Gasteiger partial charge in [0.2, 0.25) is 11.7 Å². The van der Waals surface area contributed by atoms with Crippen molar-refractivity contribution in [3.05, 3.63) is 154 Å². The molecule has 7 aromatic rings. The van der Waals surface area contributed by atoms with Crippen molar-refractivity contribution in [2.45, 2.75) is 41.4 Å². The van der Waals surface area contributed by atoms with E-state index in [0.717, 1.165) is 0 Å². The van der Waals surface area contributed by atoms with Crippen LogP contribution in [0.3, 0.4) is 0 Å². The van der Waals surface area contributed by atoms with Gasteiger partial charge in [0.25, 0.3) is 53.7 Å². The topological polar surface area (TPSA) is 280 Å². The highest BCUT2D eigenvalue weighted by atomic mass is 32.2. The quantitative estimate of drug-likeness (QED) is 0.0755. The number of carbonyl (C=O) groups excluding carboxylic acids is 2. The third kappa shape index (κ3) is 7.72. The lowest BCUT2D eigenvalue weighted by atomic mass is 9.94. The van der Waals surface area contributed by atoms with E-state index in [4.69, 9.17) is 34.1 Å². The van der Waals surface area contributed by atoms with Crippen LogP contribution < -0.4 is 4.65 Å². The second kappa shape index (κ2) is 16.7. The van der Waals surface area contributed by atoms with Crippen LogP contribution in [0.2, 0.25) is 0 Å². The molecule has 0 atom stereocenters. The fourth-order valence-corrected chi connectivity index (χ4v) is 11.1. The van der Waals surface area contributed by atoms with E-state index in [2.05, 4.69) is 0 Å². The zero-order chi connectivity index (χ0) is 51.7. The zero-order valence-corrected chi connectivity index (χ0v) is 41.0. The SMILES string of the molecule is CCCOC(=O)c1cc(OB2[N+]3=C4N=C5N=C(N=C6c7cc8ccc(S(=O)(=O)O)cc8cc7C(=[N+]26)N=C3c2cc3ccc(S(=O)(=O)O)cc3cc24)c2cc3ccc(S(=O)(=O)O)cc3cc25)cc(C(=O)OCCC)c1. The number of carbonyl (C=O) groups is 2. The fraction of sp³-hybridized carbons (Fsp3) is 0.120. The van der Waals surface area contributed by atoms with E-state index in [9.17, 15) is 48.5 Å². The van der Waals surface area contributed by atoms with Gasteiger partial charge < -0.3 is 14.1 Å². The standard InChI is InChI=1S/C50H33BN6O14S3/c1-3-11-69-49(58)31-13-32(50(59)70-12-4-2)15-33(14-31)71-51-56-45-39-20-26-6-9-36(74(66,67)68)18-30(26)24-42(39)48(56)55-47-40-21-27-7-10-35(73(63,64)65)17-29(27)23-41(40)46(57(47)51)54-44-38-22-28-16-34(72(60,61)62)8-5-25(28)19-37(38)43(52-44)53-45/h5-10,13-24H,3-4,11-12H2,1-2H3,(H-2,60,61,62,63,64,65,66,67,68)/p+2. The minimum Gasteiger partial charge on any atom is -0.495 e. The maximum absolute atomic E-state index is 13.6. The Morgan fingerprint density at radius 1 is 0.473 bits per heavy atom. The molecule has 20 nitrogen and oxygen atoms in total. The molecule has 0 amide bonds. The fourth-order valence-electron chi connectivity index (χ4n) is 9.51. The minimum atomic E-state index is -4.66. The van der Waals surface area contributed by atoms with Crippen LogP contribution in [0, 0.1) is 0 Å². The highest BCUT2D eigenvalue weighted by Crippen LogP contribution is 2.38. The third-order valence-corrected chi connectivity index (χ3v) is 15.4. The lowest BCUT2D eigenvalue weighted by Crippen LogP contribution is -2.55. The Hall–Kier alpha value is -8.13. The number of fused-ring (bicyclic) bond motifs is 13. The highest BCUT2D eigenvalue weighted by molar-refractivity contribution is 7.86. The number of hydrogen-bond acceptors (Lipinski definition) is 15. The Morgan fingerprint density at radius 2 is 0.865 bits per heavy atom. The van der Waals surface area contributed by atoms with Crippen molar-refractivity contribution in [2.75, 3.05) is 13.2 Å². The summed E-state index contributed by atoms with van der Waals surface area (Å²) in [4.78, 5) is 46.9. The first-order chi connectivity index (χ1) is 35.2. The predicted molar refractivity (Wildman–Crippen MR) is 270 cm³/mol. The summed E-state index contributed by atoms with van der Waals surface area (Å²) in [6.45, 7) is 3.83. The van der Waals surface area contributed by atoms with Gasteiger partial charge in [-0.2, -0.15) is 30.2 Å². The highest BCUT2D eigenvalue weighted by Gasteiger charge is 2.59. The maximum Gasteiger partial charge on any atom is 0.801 e. The number of benzene rings is 7. The largest absolute Gasteiger partial charge is 0.801 e. The number of rotatable bonds is 11. The summed E-state index contributed by atoms with van der Waals surface area (Å²) in [6.07, 6.45) is 1.03. The van der Waals surface area contributed by atoms with Crippen LogP contribution in [0.15, 0.2) is 144 Å². The lowest BCUT2D eigenvalue weighted by molar-refractivity contribution is -0.417. The molecule has 24 heteroatoms. The van der Waals surface area contributed by atoms with Crippen molar-refractivity contribution in [3.8, 4) is 5.75 Å². The molecule has 0 aliphatic carbocycles. The van der Waals surface area contributed by atoms with Gasteiger partial charge in [0, 0.05) is 0 Å². The van der Waals surface area contributed by atoms with Gasteiger partial charge in [-0.15, -0.1) is 0 Å². The predicted octanol–water partition coefficient (Wildman–Crippen LogP) is 6.06. The van der Waals surface area contributed by atoms with Gasteiger partial charge in [-0.3, -0.25) is 13.7 Å². The van der Waals surface area contributed by atoms with Crippen LogP contribution in [0.25, 0.3) is 32.3 Å². The number of amidine groups is 6. The van der Waals surface area contributed by atoms with E-state index in [1.54, 1.807) is 45.4 Å². The summed E-state index contributed by atoms with van der Waals surface area (Å²) in [6, 6.07) is 26.7. The molecule has 3 N–H and O–H groups in total. The summed E-state index contributed by atoms with van der Waals surface area (Å²) in [5.41, 5.74) is 2.53. The van der Waals surface area contributed by atoms with Crippen molar-refractivity contribution in [1.82, 2.24) is 0 Å². The van der Waals surface area contributed by atoms with Gasteiger partial charge in [-0.1, -0.05) is 47.0 Å². The Balaban J connectivity index is 1.18. The normalized spacial score (nSPS) is 15.4. The van der Waals surface area contributed by atoms with Crippen LogP contribution in [0.5, 0.6) is 5.75 Å². The van der Waals surface area contributed by atoms with Crippen molar-refractivity contribution in [2.24, 2.45) is 20.0 Å². The van der Waals surface area contributed by atoms with Gasteiger partial charge in [-0.05, 0) is 136 Å². The molecule has 0 fully saturated rings. The summed E-state index contributed by atoms with van der Waals surface area (Å²) in [5, 5.41) is 2.80. The summed E-state index contributed by atoms with van der Waals surface area (Å²) >= 11 is 0. The van der Waals surface area contributed by atoms with Crippen LogP contribution in [-0.4, -0.2) is 115 Å². The molecule has 5 aliphatic heterocycles. The maximum atomic E-state index is 13.6. The van der Waals surface area contributed by atoms with E-state index in [-0.39, 0.29) is 79.8 Å². The summed E-state index contributed by atoms with van der Waals surface area (Å²) in [7, 11) is -15.3. The van der Waals surface area contributed by atoms with Crippen LogP contribution in [0.1, 0.15) is 80.8 Å². The van der Waals surface area contributed by atoms with E-state index < -0.39 is 49.5 Å². The molecule has 0 saturated carbocycles. The van der Waals surface area contributed by atoms with Crippen molar-refractivity contribution in [3.63, 3.8) is 0 Å². The molecular formula is C50H35BN6O14S3+2. The molecule has 368 valence electrons. The van der Waals surface area contributed by atoms with E-state index in [0.29, 0.717) is 78.5 Å². The molecule has 74 heavy (non-hydrogen) atoms. The van der Waals surface area contributed by atoms with Gasteiger partial charge in [0.1, 0.15) is 5.75 Å². The smallest absolute Gasteiger partial charge is 0.495 e. The van der Waals surface area contributed by atoms with E-state index >= 15 is 0 Å². The summed E-state index contributed by atoms with van der Waals surface area (Å²) < 4.78 is 126. The zero-order valence-electron chi connectivity index (χ0n) is 38.5. The summed E-state index contributed by atoms with van der Waals surface area (Å²) in [5.74, 6) is -0.470. The molecule has 4 bridgehead atoms. The first-order valence-electron chi connectivity index (χ1n) is 22.8. The minimum absolute atomic E-state index is 0.0179. The van der Waals surface area contributed by atoms with Gasteiger partial charge in [-0.25, -0.2) is 18.6 Å². The number of hydrogen-bond donors (Lipinski definition) is 3. The second-order valence-electron chi connectivity index (χ2n) is 17.7. The molecule has 5 heterocycles. The van der Waals surface area contributed by atoms with Crippen LogP contribution in [-0.2, 0) is 39.8 Å². The lowest BCUT2D eigenvalue weighted by Gasteiger charge is -2.19. The molecule has 12 rings (SSSR count). The number of aliphatic imine (C=N–C) groups is 4. The van der Waals surface area contributed by atoms with E-state index in [1.807, 2.05) is 13.8 Å². The average molecular weight is 1050 g/mol. The molecule has 0 spiro atoms. The van der Waals surface area contributed by atoms with Crippen molar-refractivity contribution < 1.29 is 71.6 Å². The Morgan fingerprint density at radius 3 is 1.31 bits per heavy atom. The third-order valence-electron chi connectivity index (χ3n) is 12.9.